The maximum absolute atomic E-state index is 12.9. The van der Waals surface area contributed by atoms with Gasteiger partial charge < -0.3 is 16.8 Å². The number of aliphatic imine (C=N–C) groups is 2. The number of amides is 1. The number of anilines is 2. The summed E-state index contributed by atoms with van der Waals surface area (Å²) in [6, 6.07) is 12.4. The molecule has 0 bridgehead atoms. The number of nitrogens with zero attached hydrogens (tertiary/aromatic N) is 3. The van der Waals surface area contributed by atoms with E-state index in [1.807, 2.05) is 38.1 Å². The zero-order valence-corrected chi connectivity index (χ0v) is 22.1. The van der Waals surface area contributed by atoms with Crippen molar-refractivity contribution >= 4 is 49.5 Å². The lowest BCUT2D eigenvalue weighted by Gasteiger charge is -2.38. The molecular weight excluding hydrogens is 527 g/mol. The Morgan fingerprint density at radius 1 is 1.11 bits per heavy atom. The summed E-state index contributed by atoms with van der Waals surface area (Å²) in [5, 5.41) is 2.66. The molecule has 0 aliphatic carbocycles. The minimum atomic E-state index is -4.77. The van der Waals surface area contributed by atoms with E-state index in [4.69, 9.17) is 16.0 Å². The maximum atomic E-state index is 12.9. The summed E-state index contributed by atoms with van der Waals surface area (Å²) in [5.41, 5.74) is 13.1. The van der Waals surface area contributed by atoms with Crippen LogP contribution in [0.4, 0.5) is 15.3 Å². The number of guanidine groups is 2. The summed E-state index contributed by atoms with van der Waals surface area (Å²) in [6.45, 7) is 5.09. The van der Waals surface area contributed by atoms with E-state index in [0.29, 0.717) is 12.1 Å². The molecule has 0 radical (unpaired) electrons. The van der Waals surface area contributed by atoms with Crippen LogP contribution in [0.5, 0.6) is 0 Å². The number of nitrogens with two attached hydrogens (primary N) is 2. The Bertz CT molecular complexity index is 1410. The molecule has 1 aliphatic heterocycles. The highest BCUT2D eigenvalue weighted by Gasteiger charge is 2.33. The number of benzene rings is 2. The van der Waals surface area contributed by atoms with Gasteiger partial charge >= 0.3 is 10.2 Å². The van der Waals surface area contributed by atoms with Crippen LogP contribution in [0.2, 0.25) is 0 Å². The third-order valence-electron chi connectivity index (χ3n) is 4.99. The van der Waals surface area contributed by atoms with E-state index >= 15 is 0 Å². The molecule has 0 saturated carbocycles. The summed E-state index contributed by atoms with van der Waals surface area (Å²) in [7, 11) is -8.43. The molecule has 0 aromatic heterocycles. The Labute approximate surface area is 215 Å². The van der Waals surface area contributed by atoms with Gasteiger partial charge in [0.1, 0.15) is 5.66 Å². The van der Waals surface area contributed by atoms with Crippen molar-refractivity contribution in [3.8, 4) is 0 Å². The van der Waals surface area contributed by atoms with Gasteiger partial charge in [0.25, 0.3) is 10.1 Å². The molecule has 1 aliphatic rings. The highest BCUT2D eigenvalue weighted by Crippen LogP contribution is 2.28. The van der Waals surface area contributed by atoms with Gasteiger partial charge in [-0.05, 0) is 69.2 Å². The molecule has 202 valence electrons. The molecule has 0 fully saturated rings. The summed E-state index contributed by atoms with van der Waals surface area (Å²) >= 11 is 0. The van der Waals surface area contributed by atoms with Gasteiger partial charge in [-0.2, -0.15) is 21.8 Å². The van der Waals surface area contributed by atoms with Crippen molar-refractivity contribution in [1.29, 1.82) is 0 Å². The molecular formula is C22H29FN6O6S2. The van der Waals surface area contributed by atoms with E-state index in [1.165, 1.54) is 19.1 Å². The first-order valence-corrected chi connectivity index (χ1v) is 13.9. The van der Waals surface area contributed by atoms with Gasteiger partial charge in [0.2, 0.25) is 17.8 Å². The number of aryl methyl sites for hydroxylation is 1. The van der Waals surface area contributed by atoms with Crippen LogP contribution >= 0.6 is 0 Å². The average Bonchev–Trinajstić information content (AvgIpc) is 2.76. The third-order valence-corrected chi connectivity index (χ3v) is 6.55. The minimum absolute atomic E-state index is 0.115. The van der Waals surface area contributed by atoms with E-state index in [1.54, 1.807) is 4.90 Å². The lowest BCUT2D eigenvalue weighted by Crippen LogP contribution is -2.54. The highest BCUT2D eigenvalue weighted by molar-refractivity contribution is 7.86. The fourth-order valence-electron chi connectivity index (χ4n) is 3.28. The largest absolute Gasteiger partial charge is 0.369 e. The Balaban J connectivity index is 0.000000717. The molecule has 2 aromatic carbocycles. The van der Waals surface area contributed by atoms with E-state index in [9.17, 15) is 25.5 Å². The number of carbonyl (C=O) groups excluding carboxylic acids is 1. The van der Waals surface area contributed by atoms with Crippen molar-refractivity contribution in [2.45, 2.75) is 44.2 Å². The molecule has 3 rings (SSSR count). The smallest absolute Gasteiger partial charge is 0.332 e. The number of nitrogens with one attached hydrogen (secondary N) is 1. The number of hydrogen-bond acceptors (Lipinski definition) is 10. The van der Waals surface area contributed by atoms with Crippen molar-refractivity contribution in [1.82, 2.24) is 0 Å². The summed E-state index contributed by atoms with van der Waals surface area (Å²) in [6.07, 6.45) is 0.637. The van der Waals surface area contributed by atoms with Crippen LogP contribution in [0.25, 0.3) is 0 Å². The molecule has 1 heterocycles. The second-order valence-electron chi connectivity index (χ2n) is 8.32. The van der Waals surface area contributed by atoms with Gasteiger partial charge in [-0.25, -0.2) is 4.99 Å². The van der Waals surface area contributed by atoms with Crippen LogP contribution in [0.3, 0.4) is 0 Å². The van der Waals surface area contributed by atoms with Crippen LogP contribution in [-0.4, -0.2) is 50.6 Å². The lowest BCUT2D eigenvalue weighted by molar-refractivity contribution is -0.116. The second kappa shape index (κ2) is 11.7. The van der Waals surface area contributed by atoms with Crippen LogP contribution in [-0.2, 0) is 31.6 Å². The van der Waals surface area contributed by atoms with Gasteiger partial charge in [-0.1, -0.05) is 12.1 Å². The normalized spacial score (nSPS) is 15.1. The van der Waals surface area contributed by atoms with Crippen LogP contribution < -0.4 is 21.7 Å². The number of hydrogen-bond donors (Lipinski definition) is 4. The number of halogens is 1. The molecule has 15 heteroatoms. The fraction of sp³-hybridized carbons (Fsp3) is 0.318. The third kappa shape index (κ3) is 9.11. The molecule has 0 saturated heterocycles. The molecule has 0 spiro atoms. The first-order chi connectivity index (χ1) is 17.0. The summed E-state index contributed by atoms with van der Waals surface area (Å²) in [5.74, 6) is -0.125. The topological polar surface area (TPSA) is 198 Å². The number of rotatable bonds is 7. The maximum Gasteiger partial charge on any atom is 0.332 e. The molecule has 12 nitrogen and oxygen atoms in total. The second-order valence-corrected chi connectivity index (χ2v) is 11.4. The Hall–Kier alpha value is -3.56. The van der Waals surface area contributed by atoms with Crippen molar-refractivity contribution in [2.24, 2.45) is 21.5 Å². The molecule has 0 atom stereocenters. The lowest BCUT2D eigenvalue weighted by atomic mass is 10.1. The Morgan fingerprint density at radius 3 is 2.22 bits per heavy atom. The van der Waals surface area contributed by atoms with Crippen LogP contribution in [0.1, 0.15) is 32.8 Å². The molecule has 37 heavy (non-hydrogen) atoms. The van der Waals surface area contributed by atoms with Crippen molar-refractivity contribution in [2.75, 3.05) is 16.0 Å². The van der Waals surface area contributed by atoms with E-state index in [0.717, 1.165) is 23.4 Å². The first kappa shape index (κ1) is 29.7. The Kier molecular flexibility index (Phi) is 9.35. The summed E-state index contributed by atoms with van der Waals surface area (Å²) in [4.78, 5) is 21.9. The Morgan fingerprint density at radius 2 is 1.70 bits per heavy atom. The van der Waals surface area contributed by atoms with Crippen molar-refractivity contribution < 1.29 is 30.1 Å². The van der Waals surface area contributed by atoms with Crippen molar-refractivity contribution in [3.05, 3.63) is 54.1 Å². The molecule has 6 N–H and O–H groups in total. The monoisotopic (exact) mass is 556 g/mol. The molecule has 2 aromatic rings. The van der Waals surface area contributed by atoms with E-state index in [2.05, 4.69) is 15.3 Å². The van der Waals surface area contributed by atoms with Crippen LogP contribution in [0.15, 0.2) is 63.4 Å². The SMILES string of the molecule is CC1(C)N=C(N)N=C(N)N1c1cccc(CCC(=O)Nc2ccc(S(=O)(=O)F)cc2)c1.CCS(=O)(=O)O. The van der Waals surface area contributed by atoms with E-state index < -0.39 is 30.9 Å². The average molecular weight is 557 g/mol. The van der Waals surface area contributed by atoms with Gasteiger partial charge in [-0.15, -0.1) is 3.89 Å². The molecule has 1 amide bonds. The predicted octanol–water partition coefficient (Wildman–Crippen LogP) is 2.00. The number of carbonyl (C=O) groups is 1. The van der Waals surface area contributed by atoms with Gasteiger partial charge in [0, 0.05) is 17.8 Å². The highest BCUT2D eigenvalue weighted by atomic mass is 32.3. The molecule has 0 unspecified atom stereocenters. The van der Waals surface area contributed by atoms with Gasteiger partial charge in [0.05, 0.1) is 10.6 Å². The minimum Gasteiger partial charge on any atom is -0.369 e. The van der Waals surface area contributed by atoms with Gasteiger partial charge in [0.15, 0.2) is 0 Å². The quantitative estimate of drug-likeness (QED) is 0.291. The fourth-order valence-corrected chi connectivity index (χ4v) is 3.75. The summed E-state index contributed by atoms with van der Waals surface area (Å²) < 4.78 is 61.6. The van der Waals surface area contributed by atoms with Crippen LogP contribution in [0, 0.1) is 0 Å². The zero-order valence-electron chi connectivity index (χ0n) is 20.4. The van der Waals surface area contributed by atoms with Gasteiger partial charge in [-0.3, -0.25) is 14.2 Å². The predicted molar refractivity (Wildman–Crippen MR) is 140 cm³/mol. The standard InChI is InChI=1S/C20H23FN6O3S.C2H6O3S/c1-20(2)26-18(22)25-19(23)27(20)15-5-3-4-13(12-15)6-11-17(28)24-14-7-9-16(10-8-14)31(21,29)30;1-2-6(3,4)5/h3-5,7-10,12H,6,11H2,1-2H3,(H,24,28)(H4,22,23,25,26);2H2,1H3,(H,3,4,5). The van der Waals surface area contributed by atoms with E-state index in [-0.39, 0.29) is 30.0 Å². The van der Waals surface area contributed by atoms with Crippen molar-refractivity contribution in [3.63, 3.8) is 0 Å². The first-order valence-electron chi connectivity index (χ1n) is 10.9. The zero-order chi connectivity index (χ0) is 28.0.